The number of ether oxygens (including phenoxy) is 1. The second-order valence-electron chi connectivity index (χ2n) is 5.16. The smallest absolute Gasteiger partial charge is 0.408 e. The van der Waals surface area contributed by atoms with Crippen LogP contribution in [0.5, 0.6) is 0 Å². The van der Waals surface area contributed by atoms with E-state index in [4.69, 9.17) is 4.74 Å². The number of fused-ring (bicyclic) bond motifs is 5. The fourth-order valence-corrected chi connectivity index (χ4v) is 3.45. The largest absolute Gasteiger partial charge is 0.450 e. The molecule has 0 aromatic heterocycles. The van der Waals surface area contributed by atoms with Gasteiger partial charge in [-0.3, -0.25) is 14.5 Å². The van der Waals surface area contributed by atoms with Gasteiger partial charge in [-0.05, 0) is 25.2 Å². The molecule has 1 saturated heterocycles. The fourth-order valence-electron chi connectivity index (χ4n) is 3.45. The van der Waals surface area contributed by atoms with Crippen LogP contribution < -0.4 is 5.32 Å². The molecule has 3 rings (SSSR count). The van der Waals surface area contributed by atoms with Crippen LogP contribution in [0.4, 0.5) is 4.79 Å². The lowest BCUT2D eigenvalue weighted by Crippen LogP contribution is -2.42. The average molecular weight is 264 g/mol. The number of hydrogen-bond donors (Lipinski definition) is 1. The van der Waals surface area contributed by atoms with E-state index in [1.54, 1.807) is 6.92 Å². The lowest BCUT2D eigenvalue weighted by molar-refractivity contribution is -0.140. The third-order valence-corrected chi connectivity index (χ3v) is 4.22. The molecule has 6 heteroatoms. The molecular formula is C13H16N2O4. The van der Waals surface area contributed by atoms with Gasteiger partial charge in [0.2, 0.25) is 11.8 Å². The second-order valence-corrected chi connectivity index (χ2v) is 5.16. The van der Waals surface area contributed by atoms with E-state index in [0.29, 0.717) is 0 Å². The average Bonchev–Trinajstić information content (AvgIpc) is 3.03. The number of carbonyl (C=O) groups excluding carboxylic acids is 3. The summed E-state index contributed by atoms with van der Waals surface area (Å²) in [7, 11) is 0. The second kappa shape index (κ2) is 4.36. The minimum Gasteiger partial charge on any atom is -0.450 e. The van der Waals surface area contributed by atoms with Crippen LogP contribution in [0.25, 0.3) is 0 Å². The summed E-state index contributed by atoms with van der Waals surface area (Å²) in [6, 6.07) is 0. The summed E-state index contributed by atoms with van der Waals surface area (Å²) in [4.78, 5) is 36.8. The summed E-state index contributed by atoms with van der Waals surface area (Å²) in [6.45, 7) is 1.86. The predicted molar refractivity (Wildman–Crippen MR) is 64.6 cm³/mol. The Hall–Kier alpha value is -1.85. The molecule has 1 aliphatic heterocycles. The number of hydrogen-bond acceptors (Lipinski definition) is 4. The van der Waals surface area contributed by atoms with Gasteiger partial charge >= 0.3 is 6.09 Å². The topological polar surface area (TPSA) is 75.7 Å². The van der Waals surface area contributed by atoms with Crippen LogP contribution in [-0.4, -0.2) is 36.1 Å². The Morgan fingerprint density at radius 3 is 2.42 bits per heavy atom. The molecule has 2 aliphatic carbocycles. The van der Waals surface area contributed by atoms with Gasteiger partial charge in [-0.2, -0.15) is 0 Å². The molecule has 0 aromatic rings. The Balaban J connectivity index is 1.67. The van der Waals surface area contributed by atoms with Gasteiger partial charge in [-0.1, -0.05) is 12.2 Å². The molecule has 102 valence electrons. The van der Waals surface area contributed by atoms with Crippen molar-refractivity contribution >= 4 is 17.9 Å². The molecule has 3 aliphatic rings. The quantitative estimate of drug-likeness (QED) is 0.595. The highest BCUT2D eigenvalue weighted by atomic mass is 16.5. The predicted octanol–water partition coefficient (Wildman–Crippen LogP) is 0.497. The van der Waals surface area contributed by atoms with Gasteiger partial charge in [0.25, 0.3) is 0 Å². The first-order chi connectivity index (χ1) is 9.13. The monoisotopic (exact) mass is 264 g/mol. The summed E-state index contributed by atoms with van der Waals surface area (Å²) in [5.41, 5.74) is 0. The number of carbonyl (C=O) groups is 3. The van der Waals surface area contributed by atoms with Gasteiger partial charge < -0.3 is 10.1 Å². The Bertz CT molecular complexity index is 443. The van der Waals surface area contributed by atoms with Crippen molar-refractivity contribution in [3.05, 3.63) is 12.2 Å². The number of likely N-dealkylation sites (tertiary alicyclic amines) is 1. The maximum absolute atomic E-state index is 12.2. The number of amides is 3. The van der Waals surface area contributed by atoms with Gasteiger partial charge in [0.05, 0.1) is 18.4 Å². The lowest BCUT2D eigenvalue weighted by Gasteiger charge is -2.17. The van der Waals surface area contributed by atoms with Gasteiger partial charge in [0.1, 0.15) is 6.67 Å². The zero-order chi connectivity index (χ0) is 13.6. The molecule has 3 amide bonds. The molecule has 0 radical (unpaired) electrons. The standard InChI is InChI=1S/C13H16N2O4/c1-2-19-13(18)14-6-15-11(16)9-7-3-4-8(5-7)10(9)12(15)17/h3-4,7-10H,2,5-6H2,1H3,(H,14,18)/t7-,8-,9-,10+/m0/s1. The van der Waals surface area contributed by atoms with E-state index in [9.17, 15) is 14.4 Å². The molecule has 19 heavy (non-hydrogen) atoms. The molecule has 2 bridgehead atoms. The van der Waals surface area contributed by atoms with Crippen molar-refractivity contribution in [2.45, 2.75) is 13.3 Å². The third-order valence-electron chi connectivity index (χ3n) is 4.22. The fraction of sp³-hybridized carbons (Fsp3) is 0.615. The zero-order valence-electron chi connectivity index (χ0n) is 10.7. The molecule has 0 aromatic carbocycles. The number of alkyl carbamates (subject to hydrolysis) is 1. The van der Waals surface area contributed by atoms with Crippen molar-refractivity contribution in [2.75, 3.05) is 13.3 Å². The summed E-state index contributed by atoms with van der Waals surface area (Å²) < 4.78 is 4.71. The molecule has 4 atom stereocenters. The van der Waals surface area contributed by atoms with E-state index >= 15 is 0 Å². The molecule has 1 saturated carbocycles. The van der Waals surface area contributed by atoms with Crippen LogP contribution in [-0.2, 0) is 14.3 Å². The molecular weight excluding hydrogens is 248 g/mol. The van der Waals surface area contributed by atoms with Crippen molar-refractivity contribution in [1.82, 2.24) is 10.2 Å². The van der Waals surface area contributed by atoms with Crippen LogP contribution in [0.2, 0.25) is 0 Å². The van der Waals surface area contributed by atoms with Crippen molar-refractivity contribution in [2.24, 2.45) is 23.7 Å². The summed E-state index contributed by atoms with van der Waals surface area (Å²) in [5, 5.41) is 2.43. The number of nitrogens with one attached hydrogen (secondary N) is 1. The van der Waals surface area contributed by atoms with E-state index < -0.39 is 6.09 Å². The molecule has 1 N–H and O–H groups in total. The van der Waals surface area contributed by atoms with Crippen molar-refractivity contribution < 1.29 is 19.1 Å². The van der Waals surface area contributed by atoms with Crippen LogP contribution in [0.3, 0.4) is 0 Å². The Labute approximate surface area is 110 Å². The number of nitrogens with zero attached hydrogens (tertiary/aromatic N) is 1. The SMILES string of the molecule is CCOC(=O)NCN1C(=O)[C@@H]2[C@H](C1=O)[C@H]1C=C[C@H]2C1. The van der Waals surface area contributed by atoms with Crippen LogP contribution in [0.1, 0.15) is 13.3 Å². The third kappa shape index (κ3) is 1.74. The molecule has 2 fully saturated rings. The highest BCUT2D eigenvalue weighted by molar-refractivity contribution is 6.06. The zero-order valence-corrected chi connectivity index (χ0v) is 10.7. The Morgan fingerprint density at radius 2 is 1.89 bits per heavy atom. The molecule has 6 nitrogen and oxygen atoms in total. The van der Waals surface area contributed by atoms with E-state index in [-0.39, 0.29) is 48.8 Å². The number of imide groups is 1. The minimum atomic E-state index is -0.610. The first-order valence-electron chi connectivity index (χ1n) is 6.57. The van der Waals surface area contributed by atoms with E-state index in [1.807, 2.05) is 12.2 Å². The van der Waals surface area contributed by atoms with Crippen molar-refractivity contribution in [3.63, 3.8) is 0 Å². The van der Waals surface area contributed by atoms with E-state index in [0.717, 1.165) is 11.3 Å². The van der Waals surface area contributed by atoms with Crippen LogP contribution in [0.15, 0.2) is 12.2 Å². The van der Waals surface area contributed by atoms with Gasteiger partial charge in [-0.25, -0.2) is 4.79 Å². The molecule has 0 spiro atoms. The maximum atomic E-state index is 12.2. The Morgan fingerprint density at radius 1 is 1.32 bits per heavy atom. The van der Waals surface area contributed by atoms with Crippen LogP contribution in [0, 0.1) is 23.7 Å². The lowest BCUT2D eigenvalue weighted by atomic mass is 9.85. The van der Waals surface area contributed by atoms with Crippen molar-refractivity contribution in [1.29, 1.82) is 0 Å². The normalized spacial score (nSPS) is 34.9. The van der Waals surface area contributed by atoms with Crippen LogP contribution >= 0.6 is 0 Å². The minimum absolute atomic E-state index is 0.0943. The molecule has 1 heterocycles. The van der Waals surface area contributed by atoms with Gasteiger partial charge in [-0.15, -0.1) is 0 Å². The Kier molecular flexibility index (Phi) is 2.80. The van der Waals surface area contributed by atoms with E-state index in [2.05, 4.69) is 5.32 Å². The van der Waals surface area contributed by atoms with Gasteiger partial charge in [0.15, 0.2) is 0 Å². The summed E-state index contributed by atoms with van der Waals surface area (Å²) >= 11 is 0. The first kappa shape index (κ1) is 12.2. The highest BCUT2D eigenvalue weighted by Gasteiger charge is 2.59. The van der Waals surface area contributed by atoms with Gasteiger partial charge in [0, 0.05) is 0 Å². The summed E-state index contributed by atoms with van der Waals surface area (Å²) in [5.74, 6) is -0.372. The first-order valence-corrected chi connectivity index (χ1v) is 6.57. The highest BCUT2D eigenvalue weighted by Crippen LogP contribution is 2.52. The number of rotatable bonds is 3. The summed E-state index contributed by atoms with van der Waals surface area (Å²) in [6.07, 6.45) is 4.38. The molecule has 0 unspecified atom stereocenters. The van der Waals surface area contributed by atoms with Crippen molar-refractivity contribution in [3.8, 4) is 0 Å². The maximum Gasteiger partial charge on any atom is 0.408 e. The number of allylic oxidation sites excluding steroid dienone is 2. The van der Waals surface area contributed by atoms with E-state index in [1.165, 1.54) is 0 Å².